The summed E-state index contributed by atoms with van der Waals surface area (Å²) in [5.74, 6) is 0.692. The number of pyridine rings is 1. The molecule has 0 amide bonds. The van der Waals surface area contributed by atoms with Crippen LogP contribution in [-0.2, 0) is 4.74 Å². The predicted molar refractivity (Wildman–Crippen MR) is 59.8 cm³/mol. The van der Waals surface area contributed by atoms with Crippen molar-refractivity contribution in [1.82, 2.24) is 4.98 Å². The Balaban J connectivity index is 2.66. The van der Waals surface area contributed by atoms with Gasteiger partial charge in [-0.3, -0.25) is 0 Å². The van der Waals surface area contributed by atoms with Crippen LogP contribution < -0.4 is 11.1 Å². The lowest BCUT2D eigenvalue weighted by atomic mass is 10.2. The van der Waals surface area contributed by atoms with Crippen molar-refractivity contribution in [3.05, 3.63) is 17.8 Å². The van der Waals surface area contributed by atoms with Crippen LogP contribution in [0.25, 0.3) is 0 Å². The summed E-state index contributed by atoms with van der Waals surface area (Å²) in [5, 5.41) is 12.1. The fourth-order valence-electron chi connectivity index (χ4n) is 1.20. The van der Waals surface area contributed by atoms with Crippen molar-refractivity contribution in [2.24, 2.45) is 0 Å². The van der Waals surface area contributed by atoms with Gasteiger partial charge in [-0.05, 0) is 18.6 Å². The molecule has 4 N–H and O–H groups in total. The van der Waals surface area contributed by atoms with Gasteiger partial charge in [0, 0.05) is 7.11 Å². The highest BCUT2D eigenvalue weighted by molar-refractivity contribution is 5.51. The molecule has 0 aliphatic carbocycles. The molecular weight excluding hydrogens is 194 g/mol. The van der Waals surface area contributed by atoms with Gasteiger partial charge in [-0.15, -0.1) is 0 Å². The van der Waals surface area contributed by atoms with Gasteiger partial charge in [-0.25, -0.2) is 4.98 Å². The van der Waals surface area contributed by atoms with Crippen molar-refractivity contribution in [1.29, 1.82) is 0 Å². The molecular formula is C10H17N3O2. The highest BCUT2D eigenvalue weighted by Crippen LogP contribution is 2.13. The van der Waals surface area contributed by atoms with E-state index >= 15 is 0 Å². The predicted octanol–water partition coefficient (Wildman–Crippen LogP) is 0.391. The van der Waals surface area contributed by atoms with Crippen LogP contribution in [0.2, 0.25) is 0 Å². The molecule has 1 aromatic heterocycles. The van der Waals surface area contributed by atoms with Gasteiger partial charge in [0.2, 0.25) is 0 Å². The minimum atomic E-state index is -0.148. The molecule has 0 bridgehead atoms. The van der Waals surface area contributed by atoms with Gasteiger partial charge in [0.25, 0.3) is 0 Å². The summed E-state index contributed by atoms with van der Waals surface area (Å²) in [6.07, 6.45) is 1.60. The molecule has 0 spiro atoms. The van der Waals surface area contributed by atoms with Crippen LogP contribution in [0, 0.1) is 6.92 Å². The Hall–Kier alpha value is -1.33. The van der Waals surface area contributed by atoms with Crippen LogP contribution in [-0.4, -0.2) is 36.5 Å². The van der Waals surface area contributed by atoms with E-state index in [9.17, 15) is 0 Å². The Morgan fingerprint density at radius 1 is 1.67 bits per heavy atom. The molecule has 0 fully saturated rings. The summed E-state index contributed by atoms with van der Waals surface area (Å²) in [6.45, 7) is 2.34. The maximum Gasteiger partial charge on any atom is 0.126 e. The quantitative estimate of drug-likeness (QED) is 0.656. The molecule has 0 saturated carbocycles. The molecule has 0 aliphatic heterocycles. The lowest BCUT2D eigenvalue weighted by Gasteiger charge is -2.16. The topological polar surface area (TPSA) is 80.4 Å². The summed E-state index contributed by atoms with van der Waals surface area (Å²) in [4.78, 5) is 4.11. The van der Waals surface area contributed by atoms with E-state index in [2.05, 4.69) is 10.3 Å². The maximum absolute atomic E-state index is 9.05. The van der Waals surface area contributed by atoms with Crippen LogP contribution in [0.1, 0.15) is 5.56 Å². The molecule has 0 aromatic carbocycles. The number of rotatable bonds is 5. The zero-order chi connectivity index (χ0) is 11.3. The molecule has 15 heavy (non-hydrogen) atoms. The van der Waals surface area contributed by atoms with E-state index in [0.29, 0.717) is 18.1 Å². The summed E-state index contributed by atoms with van der Waals surface area (Å²) >= 11 is 0. The SMILES string of the molecule is COCC(CO)Nc1cc(C)c(N)cn1. The number of nitrogen functional groups attached to an aromatic ring is 1. The number of nitrogens with two attached hydrogens (primary N) is 1. The maximum atomic E-state index is 9.05. The van der Waals surface area contributed by atoms with Crippen LogP contribution in [0.5, 0.6) is 0 Å². The first kappa shape index (κ1) is 11.7. The second kappa shape index (κ2) is 5.53. The first-order valence-corrected chi connectivity index (χ1v) is 4.75. The van der Waals surface area contributed by atoms with Crippen LogP contribution in [0.4, 0.5) is 11.5 Å². The number of nitrogens with zero attached hydrogens (tertiary/aromatic N) is 1. The van der Waals surface area contributed by atoms with E-state index < -0.39 is 0 Å². The van der Waals surface area contributed by atoms with Crippen molar-refractivity contribution >= 4 is 11.5 Å². The van der Waals surface area contributed by atoms with Gasteiger partial charge < -0.3 is 20.9 Å². The lowest BCUT2D eigenvalue weighted by molar-refractivity contribution is 0.153. The molecule has 0 aliphatic rings. The highest BCUT2D eigenvalue weighted by Gasteiger charge is 2.07. The Labute approximate surface area is 89.3 Å². The highest BCUT2D eigenvalue weighted by atomic mass is 16.5. The van der Waals surface area contributed by atoms with Crippen LogP contribution in [0.15, 0.2) is 12.3 Å². The molecule has 5 heteroatoms. The van der Waals surface area contributed by atoms with E-state index in [4.69, 9.17) is 15.6 Å². The van der Waals surface area contributed by atoms with Gasteiger partial charge in [0.1, 0.15) is 5.82 Å². The number of ether oxygens (including phenoxy) is 1. The van der Waals surface area contributed by atoms with Crippen LogP contribution in [0.3, 0.4) is 0 Å². The second-order valence-electron chi connectivity index (χ2n) is 3.41. The van der Waals surface area contributed by atoms with E-state index in [-0.39, 0.29) is 12.6 Å². The standard InChI is InChI=1S/C10H17N3O2/c1-7-3-10(12-4-9(7)11)13-8(5-14)6-15-2/h3-4,8,14H,5-6,11H2,1-2H3,(H,12,13). The van der Waals surface area contributed by atoms with E-state index in [1.54, 1.807) is 13.3 Å². The van der Waals surface area contributed by atoms with E-state index in [0.717, 1.165) is 5.56 Å². The third kappa shape index (κ3) is 3.38. The average molecular weight is 211 g/mol. The van der Waals surface area contributed by atoms with Gasteiger partial charge in [0.15, 0.2) is 0 Å². The average Bonchev–Trinajstić information content (AvgIpc) is 2.23. The number of aliphatic hydroxyl groups excluding tert-OH is 1. The Morgan fingerprint density at radius 3 is 2.93 bits per heavy atom. The summed E-state index contributed by atoms with van der Waals surface area (Å²) in [7, 11) is 1.59. The van der Waals surface area contributed by atoms with Gasteiger partial charge in [-0.1, -0.05) is 0 Å². The molecule has 1 aromatic rings. The third-order valence-electron chi connectivity index (χ3n) is 2.09. The molecule has 0 saturated heterocycles. The summed E-state index contributed by atoms with van der Waals surface area (Å²) in [6, 6.07) is 1.69. The zero-order valence-electron chi connectivity index (χ0n) is 9.03. The number of anilines is 2. The van der Waals surface area contributed by atoms with Gasteiger partial charge in [-0.2, -0.15) is 0 Å². The fourth-order valence-corrected chi connectivity index (χ4v) is 1.20. The van der Waals surface area contributed by atoms with Crippen molar-refractivity contribution in [3.63, 3.8) is 0 Å². The third-order valence-corrected chi connectivity index (χ3v) is 2.09. The second-order valence-corrected chi connectivity index (χ2v) is 3.41. The largest absolute Gasteiger partial charge is 0.397 e. The van der Waals surface area contributed by atoms with E-state index in [1.165, 1.54) is 0 Å². The molecule has 0 radical (unpaired) electrons. The minimum absolute atomic E-state index is 0.00105. The van der Waals surface area contributed by atoms with Crippen molar-refractivity contribution in [2.75, 3.05) is 31.4 Å². The summed E-state index contributed by atoms with van der Waals surface area (Å²) < 4.78 is 4.95. The number of hydrogen-bond donors (Lipinski definition) is 3. The molecule has 1 unspecified atom stereocenters. The first-order chi connectivity index (χ1) is 7.17. The Morgan fingerprint density at radius 2 is 2.40 bits per heavy atom. The minimum Gasteiger partial charge on any atom is -0.397 e. The molecule has 1 rings (SSSR count). The number of hydrogen-bond acceptors (Lipinski definition) is 5. The van der Waals surface area contributed by atoms with Crippen molar-refractivity contribution in [2.45, 2.75) is 13.0 Å². The fraction of sp³-hybridized carbons (Fsp3) is 0.500. The first-order valence-electron chi connectivity index (χ1n) is 4.75. The number of aromatic nitrogens is 1. The Kier molecular flexibility index (Phi) is 4.33. The Bertz CT molecular complexity index is 318. The lowest BCUT2D eigenvalue weighted by Crippen LogP contribution is -2.29. The van der Waals surface area contributed by atoms with Crippen LogP contribution >= 0.6 is 0 Å². The monoisotopic (exact) mass is 211 g/mol. The number of nitrogens with one attached hydrogen (secondary N) is 1. The summed E-state index contributed by atoms with van der Waals surface area (Å²) in [5.41, 5.74) is 7.27. The van der Waals surface area contributed by atoms with Crippen molar-refractivity contribution < 1.29 is 9.84 Å². The molecule has 84 valence electrons. The normalized spacial score (nSPS) is 12.5. The van der Waals surface area contributed by atoms with Crippen molar-refractivity contribution in [3.8, 4) is 0 Å². The smallest absolute Gasteiger partial charge is 0.126 e. The van der Waals surface area contributed by atoms with Gasteiger partial charge in [0.05, 0.1) is 31.1 Å². The van der Waals surface area contributed by atoms with E-state index in [1.807, 2.05) is 13.0 Å². The van der Waals surface area contributed by atoms with Gasteiger partial charge >= 0.3 is 0 Å². The number of methoxy groups -OCH3 is 1. The zero-order valence-corrected chi connectivity index (χ0v) is 9.03. The molecule has 1 atom stereocenters. The molecule has 5 nitrogen and oxygen atoms in total. The number of aryl methyl sites for hydroxylation is 1. The molecule has 1 heterocycles. The number of aliphatic hydroxyl groups is 1.